The Kier molecular flexibility index (Phi) is 4.97. The van der Waals surface area contributed by atoms with Gasteiger partial charge in [-0.3, -0.25) is 9.78 Å². The van der Waals surface area contributed by atoms with Gasteiger partial charge < -0.3 is 5.32 Å². The fourth-order valence-corrected chi connectivity index (χ4v) is 2.97. The molecule has 0 radical (unpaired) electrons. The van der Waals surface area contributed by atoms with Crippen molar-refractivity contribution >= 4 is 45.9 Å². The number of nitrogens with zero attached hydrogens (tertiary/aromatic N) is 3. The molecule has 7 heteroatoms. The zero-order valence-electron chi connectivity index (χ0n) is 13.2. The van der Waals surface area contributed by atoms with Gasteiger partial charge >= 0.3 is 0 Å². The van der Waals surface area contributed by atoms with Crippen LogP contribution < -0.4 is 5.32 Å². The first-order chi connectivity index (χ1) is 11.6. The molecule has 0 saturated heterocycles. The molecule has 0 atom stereocenters. The summed E-state index contributed by atoms with van der Waals surface area (Å²) in [5, 5.41) is 4.49. The summed E-state index contributed by atoms with van der Waals surface area (Å²) in [4.78, 5) is 25.4. The van der Waals surface area contributed by atoms with Gasteiger partial charge in [0.05, 0.1) is 22.4 Å². The van der Waals surface area contributed by atoms with E-state index in [9.17, 15) is 4.79 Å². The smallest absolute Gasteiger partial charge is 0.275 e. The first kappa shape index (κ1) is 16.7. The Balaban J connectivity index is 1.94. The molecule has 0 aliphatic rings. The number of nitrogens with one attached hydrogen (secondary N) is 1. The van der Waals surface area contributed by atoms with Crippen molar-refractivity contribution in [3.63, 3.8) is 0 Å². The molecule has 0 aliphatic heterocycles. The fraction of sp³-hybridized carbons (Fsp3) is 0.176. The number of amides is 1. The standard InChI is InChI=1S/C17H15ClN4OS/c1-3-24-17-19-9-12(18)15(22-17)16(23)21-14-6-4-5-13-11(14)8-7-10(2)20-13/h4-9H,3H2,1-2H3,(H,21,23). The molecule has 5 nitrogen and oxygen atoms in total. The van der Waals surface area contributed by atoms with Crippen molar-refractivity contribution in [3.8, 4) is 0 Å². The predicted octanol–water partition coefficient (Wildman–Crippen LogP) is 4.35. The van der Waals surface area contributed by atoms with E-state index >= 15 is 0 Å². The zero-order valence-corrected chi connectivity index (χ0v) is 14.8. The van der Waals surface area contributed by atoms with E-state index in [2.05, 4.69) is 20.3 Å². The second kappa shape index (κ2) is 7.15. The van der Waals surface area contributed by atoms with Crippen molar-refractivity contribution in [2.75, 3.05) is 11.1 Å². The minimum absolute atomic E-state index is 0.166. The van der Waals surface area contributed by atoms with Crippen LogP contribution >= 0.6 is 23.4 Å². The number of hydrogen-bond donors (Lipinski definition) is 1. The first-order valence-electron chi connectivity index (χ1n) is 7.41. The second-order valence-corrected chi connectivity index (χ2v) is 6.70. The molecule has 0 unspecified atom stereocenters. The molecule has 3 aromatic rings. The van der Waals surface area contributed by atoms with E-state index in [-0.39, 0.29) is 16.6 Å². The summed E-state index contributed by atoms with van der Waals surface area (Å²) in [6.45, 7) is 3.92. The summed E-state index contributed by atoms with van der Waals surface area (Å²) in [7, 11) is 0. The Morgan fingerprint density at radius 1 is 1.25 bits per heavy atom. The van der Waals surface area contributed by atoms with E-state index in [1.807, 2.05) is 44.2 Å². The third-order valence-electron chi connectivity index (χ3n) is 3.33. The zero-order chi connectivity index (χ0) is 17.1. The summed E-state index contributed by atoms with van der Waals surface area (Å²) >= 11 is 7.54. The van der Waals surface area contributed by atoms with E-state index < -0.39 is 0 Å². The van der Waals surface area contributed by atoms with Gasteiger partial charge in [0.2, 0.25) is 0 Å². The van der Waals surface area contributed by atoms with Gasteiger partial charge in [-0.05, 0) is 36.9 Å². The number of halogens is 1. The molecular formula is C17H15ClN4OS. The lowest BCUT2D eigenvalue weighted by Gasteiger charge is -2.10. The van der Waals surface area contributed by atoms with Crippen LogP contribution in [-0.4, -0.2) is 26.6 Å². The van der Waals surface area contributed by atoms with E-state index in [4.69, 9.17) is 11.6 Å². The van der Waals surface area contributed by atoms with Crippen molar-refractivity contribution in [1.82, 2.24) is 15.0 Å². The van der Waals surface area contributed by atoms with Crippen LogP contribution in [0.3, 0.4) is 0 Å². The summed E-state index contributed by atoms with van der Waals surface area (Å²) in [5.41, 5.74) is 2.58. The van der Waals surface area contributed by atoms with Crippen LogP contribution in [0.5, 0.6) is 0 Å². The van der Waals surface area contributed by atoms with Gasteiger partial charge in [-0.25, -0.2) is 9.97 Å². The van der Waals surface area contributed by atoms with E-state index in [1.165, 1.54) is 18.0 Å². The monoisotopic (exact) mass is 358 g/mol. The van der Waals surface area contributed by atoms with E-state index in [1.54, 1.807) is 0 Å². The number of aromatic nitrogens is 3. The average molecular weight is 359 g/mol. The Labute approximate surface area is 148 Å². The number of anilines is 1. The second-order valence-electron chi connectivity index (χ2n) is 5.06. The van der Waals surface area contributed by atoms with Crippen LogP contribution in [0.2, 0.25) is 5.02 Å². The molecule has 0 bridgehead atoms. The maximum Gasteiger partial charge on any atom is 0.275 e. The van der Waals surface area contributed by atoms with Crippen LogP contribution in [0.15, 0.2) is 41.7 Å². The fourth-order valence-electron chi connectivity index (χ4n) is 2.26. The number of hydrogen-bond acceptors (Lipinski definition) is 5. The molecular weight excluding hydrogens is 344 g/mol. The highest BCUT2D eigenvalue weighted by molar-refractivity contribution is 7.99. The third kappa shape index (κ3) is 3.49. The summed E-state index contributed by atoms with van der Waals surface area (Å²) in [5.74, 6) is 0.449. The Hall–Kier alpha value is -2.18. The topological polar surface area (TPSA) is 67.8 Å². The Morgan fingerprint density at radius 2 is 2.08 bits per heavy atom. The summed E-state index contributed by atoms with van der Waals surface area (Å²) in [6, 6.07) is 9.43. The molecule has 122 valence electrons. The van der Waals surface area contributed by atoms with Crippen LogP contribution in [0.4, 0.5) is 5.69 Å². The maximum absolute atomic E-state index is 12.6. The van der Waals surface area contributed by atoms with E-state index in [0.29, 0.717) is 10.8 Å². The maximum atomic E-state index is 12.6. The number of carbonyl (C=O) groups excluding carboxylic acids is 1. The lowest BCUT2D eigenvalue weighted by Crippen LogP contribution is -2.15. The first-order valence-corrected chi connectivity index (χ1v) is 8.78. The molecule has 0 saturated carbocycles. The number of fused-ring (bicyclic) bond motifs is 1. The SMILES string of the molecule is CCSc1ncc(Cl)c(C(=O)Nc2cccc3nc(C)ccc23)n1. The molecule has 3 rings (SSSR count). The van der Waals surface area contributed by atoms with Crippen LogP contribution in [0, 0.1) is 6.92 Å². The molecule has 1 N–H and O–H groups in total. The van der Waals surface area contributed by atoms with Crippen molar-refractivity contribution in [3.05, 3.63) is 52.9 Å². The summed E-state index contributed by atoms with van der Waals surface area (Å²) < 4.78 is 0. The lowest BCUT2D eigenvalue weighted by atomic mass is 10.1. The molecule has 1 aromatic carbocycles. The van der Waals surface area contributed by atoms with Gasteiger partial charge in [-0.1, -0.05) is 36.4 Å². The molecule has 24 heavy (non-hydrogen) atoms. The van der Waals surface area contributed by atoms with Gasteiger partial charge in [-0.2, -0.15) is 0 Å². The number of thioether (sulfide) groups is 1. The Morgan fingerprint density at radius 3 is 2.88 bits per heavy atom. The number of rotatable bonds is 4. The molecule has 2 heterocycles. The Bertz CT molecular complexity index is 916. The number of pyridine rings is 1. The van der Waals surface area contributed by atoms with Crippen molar-refractivity contribution in [2.45, 2.75) is 19.0 Å². The summed E-state index contributed by atoms with van der Waals surface area (Å²) in [6.07, 6.45) is 1.45. The average Bonchev–Trinajstić information content (AvgIpc) is 2.56. The molecule has 2 aromatic heterocycles. The van der Waals surface area contributed by atoms with E-state index in [0.717, 1.165) is 22.3 Å². The van der Waals surface area contributed by atoms with Crippen LogP contribution in [-0.2, 0) is 0 Å². The van der Waals surface area contributed by atoms with Gasteiger partial charge in [-0.15, -0.1) is 0 Å². The minimum atomic E-state index is -0.367. The highest BCUT2D eigenvalue weighted by atomic mass is 35.5. The number of carbonyl (C=O) groups is 1. The third-order valence-corrected chi connectivity index (χ3v) is 4.35. The van der Waals surface area contributed by atoms with Gasteiger partial charge in [0, 0.05) is 11.1 Å². The quantitative estimate of drug-likeness (QED) is 0.554. The highest BCUT2D eigenvalue weighted by Crippen LogP contribution is 2.24. The molecule has 0 aliphatic carbocycles. The number of aryl methyl sites for hydroxylation is 1. The molecule has 0 fully saturated rings. The van der Waals surface area contributed by atoms with Gasteiger partial charge in [0.15, 0.2) is 10.9 Å². The van der Waals surface area contributed by atoms with Crippen molar-refractivity contribution in [2.24, 2.45) is 0 Å². The van der Waals surface area contributed by atoms with Crippen LogP contribution in [0.25, 0.3) is 10.9 Å². The lowest BCUT2D eigenvalue weighted by molar-refractivity contribution is 0.102. The normalized spacial score (nSPS) is 10.8. The van der Waals surface area contributed by atoms with Crippen molar-refractivity contribution in [1.29, 1.82) is 0 Å². The largest absolute Gasteiger partial charge is 0.320 e. The minimum Gasteiger partial charge on any atom is -0.320 e. The van der Waals surface area contributed by atoms with Crippen molar-refractivity contribution < 1.29 is 4.79 Å². The highest BCUT2D eigenvalue weighted by Gasteiger charge is 2.15. The predicted molar refractivity (Wildman–Crippen MR) is 97.9 cm³/mol. The van der Waals surface area contributed by atoms with Gasteiger partial charge in [0.25, 0.3) is 5.91 Å². The number of benzene rings is 1. The van der Waals surface area contributed by atoms with Crippen LogP contribution in [0.1, 0.15) is 23.1 Å². The molecule has 1 amide bonds. The molecule has 0 spiro atoms. The van der Waals surface area contributed by atoms with Gasteiger partial charge in [0.1, 0.15) is 0 Å².